The van der Waals surface area contributed by atoms with Crippen LogP contribution in [0.2, 0.25) is 0 Å². The maximum Gasteiger partial charge on any atom is 0.322 e. The van der Waals surface area contributed by atoms with Crippen LogP contribution in [0.3, 0.4) is 0 Å². The van der Waals surface area contributed by atoms with Crippen molar-refractivity contribution in [3.05, 3.63) is 11.8 Å². The highest BCUT2D eigenvalue weighted by atomic mass is 16.5. The Balaban J connectivity index is 1.58. The largest absolute Gasteiger partial charge is 0.460 e. The van der Waals surface area contributed by atoms with Crippen LogP contribution < -0.4 is 10.1 Å². The summed E-state index contributed by atoms with van der Waals surface area (Å²) >= 11 is 0. The smallest absolute Gasteiger partial charge is 0.322 e. The van der Waals surface area contributed by atoms with Crippen molar-refractivity contribution in [2.24, 2.45) is 0 Å². The lowest BCUT2D eigenvalue weighted by atomic mass is 10.1. The topological polar surface area (TPSA) is 70.8 Å². The van der Waals surface area contributed by atoms with E-state index in [-0.39, 0.29) is 6.10 Å². The van der Waals surface area contributed by atoms with Crippen LogP contribution in [0.25, 0.3) is 5.65 Å². The molecule has 2 aliphatic heterocycles. The molecule has 2 aliphatic rings. The predicted molar refractivity (Wildman–Crippen MR) is 110 cm³/mol. The molecule has 2 aromatic heterocycles. The van der Waals surface area contributed by atoms with Gasteiger partial charge in [-0.15, -0.1) is 0 Å². The van der Waals surface area contributed by atoms with Crippen molar-refractivity contribution in [3.8, 4) is 6.01 Å². The van der Waals surface area contributed by atoms with Gasteiger partial charge in [-0.2, -0.15) is 19.6 Å². The van der Waals surface area contributed by atoms with Gasteiger partial charge in [-0.1, -0.05) is 13.8 Å². The molecule has 4 heterocycles. The van der Waals surface area contributed by atoms with E-state index in [1.54, 1.807) is 0 Å². The average molecular weight is 388 g/mol. The van der Waals surface area contributed by atoms with Gasteiger partial charge in [0.1, 0.15) is 6.10 Å². The molecule has 0 amide bonds. The molecule has 8 nitrogen and oxygen atoms in total. The molecule has 0 bridgehead atoms. The molecule has 1 N–H and O–H groups in total. The third kappa shape index (κ3) is 4.07. The number of piperidine rings is 1. The van der Waals surface area contributed by atoms with E-state index >= 15 is 0 Å². The first-order valence-corrected chi connectivity index (χ1v) is 10.6. The van der Waals surface area contributed by atoms with Crippen LogP contribution in [-0.2, 0) is 0 Å². The minimum absolute atomic E-state index is 0.179. The number of hydrogen-bond donors (Lipinski definition) is 1. The second-order valence-electron chi connectivity index (χ2n) is 8.60. The Bertz CT molecular complexity index is 797. The van der Waals surface area contributed by atoms with Gasteiger partial charge in [-0.3, -0.25) is 0 Å². The van der Waals surface area contributed by atoms with E-state index in [2.05, 4.69) is 48.2 Å². The van der Waals surface area contributed by atoms with E-state index in [0.717, 1.165) is 56.2 Å². The number of aromatic nitrogens is 4. The van der Waals surface area contributed by atoms with Crippen LogP contribution in [0.15, 0.2) is 6.20 Å². The Labute approximate surface area is 167 Å². The van der Waals surface area contributed by atoms with Gasteiger partial charge in [-0.25, -0.2) is 0 Å². The summed E-state index contributed by atoms with van der Waals surface area (Å²) in [7, 11) is 4.34. The van der Waals surface area contributed by atoms with Crippen LogP contribution in [-0.4, -0.2) is 81.8 Å². The monoisotopic (exact) mass is 387 g/mol. The summed E-state index contributed by atoms with van der Waals surface area (Å²) in [5, 5.41) is 8.07. The summed E-state index contributed by atoms with van der Waals surface area (Å²) in [5.41, 5.74) is 1.96. The molecular weight excluding hydrogens is 354 g/mol. The third-order valence-electron chi connectivity index (χ3n) is 6.10. The minimum Gasteiger partial charge on any atom is -0.460 e. The number of hydrogen-bond acceptors (Lipinski definition) is 7. The summed E-state index contributed by atoms with van der Waals surface area (Å²) in [6.45, 7) is 8.45. The van der Waals surface area contributed by atoms with E-state index in [0.29, 0.717) is 18.0 Å². The highest BCUT2D eigenvalue weighted by molar-refractivity contribution is 5.53. The van der Waals surface area contributed by atoms with E-state index in [1.165, 1.54) is 12.8 Å². The normalized spacial score (nSPS) is 22.4. The number of likely N-dealkylation sites (tertiary alicyclic amines) is 2. The number of rotatable bonds is 6. The molecule has 8 heteroatoms. The van der Waals surface area contributed by atoms with Gasteiger partial charge in [0.25, 0.3) is 0 Å². The summed E-state index contributed by atoms with van der Waals surface area (Å²) in [4.78, 5) is 14.2. The molecule has 1 unspecified atom stereocenters. The molecule has 1 atom stereocenters. The van der Waals surface area contributed by atoms with Gasteiger partial charge < -0.3 is 19.9 Å². The van der Waals surface area contributed by atoms with Crippen molar-refractivity contribution in [1.82, 2.24) is 29.4 Å². The first kappa shape index (κ1) is 19.4. The van der Waals surface area contributed by atoms with Gasteiger partial charge in [0.2, 0.25) is 5.95 Å². The zero-order valence-corrected chi connectivity index (χ0v) is 17.6. The number of nitrogens with one attached hydrogen (secondary N) is 1. The van der Waals surface area contributed by atoms with Crippen molar-refractivity contribution in [2.45, 2.75) is 57.6 Å². The van der Waals surface area contributed by atoms with Crippen LogP contribution in [0.5, 0.6) is 6.01 Å². The standard InChI is InChI=1S/C20H33N7O/c1-14(2)17-13-22-27-18(17)23-20(28-16-7-10-25(3)11-8-16)24-19(27)21-12-15-6-5-9-26(15)4/h13-16H,5-12H2,1-4H3,(H,21,23,24). The summed E-state index contributed by atoms with van der Waals surface area (Å²) in [5.74, 6) is 1.07. The number of likely N-dealkylation sites (N-methyl/N-ethyl adjacent to an activating group) is 1. The maximum atomic E-state index is 6.21. The molecule has 2 saturated heterocycles. The first-order chi connectivity index (χ1) is 13.5. The minimum atomic E-state index is 0.179. The lowest BCUT2D eigenvalue weighted by Gasteiger charge is -2.28. The number of fused-ring (bicyclic) bond motifs is 1. The lowest BCUT2D eigenvalue weighted by molar-refractivity contribution is 0.105. The molecule has 4 rings (SSSR count). The second-order valence-corrected chi connectivity index (χ2v) is 8.60. The van der Waals surface area contributed by atoms with Crippen molar-refractivity contribution in [1.29, 1.82) is 0 Å². The Morgan fingerprint density at radius 3 is 2.61 bits per heavy atom. The van der Waals surface area contributed by atoms with Crippen molar-refractivity contribution < 1.29 is 4.74 Å². The Morgan fingerprint density at radius 2 is 1.93 bits per heavy atom. The van der Waals surface area contributed by atoms with Gasteiger partial charge in [0.05, 0.1) is 6.20 Å². The van der Waals surface area contributed by atoms with Crippen LogP contribution >= 0.6 is 0 Å². The van der Waals surface area contributed by atoms with E-state index < -0.39 is 0 Å². The molecule has 0 spiro atoms. The lowest BCUT2D eigenvalue weighted by Crippen LogP contribution is -2.36. The molecule has 0 aliphatic carbocycles. The fourth-order valence-corrected chi connectivity index (χ4v) is 4.15. The van der Waals surface area contributed by atoms with Crippen molar-refractivity contribution >= 4 is 11.6 Å². The molecule has 154 valence electrons. The first-order valence-electron chi connectivity index (χ1n) is 10.6. The van der Waals surface area contributed by atoms with Crippen LogP contribution in [0.4, 0.5) is 5.95 Å². The molecule has 2 fully saturated rings. The highest BCUT2D eigenvalue weighted by Crippen LogP contribution is 2.24. The van der Waals surface area contributed by atoms with Crippen LogP contribution in [0.1, 0.15) is 51.0 Å². The summed E-state index contributed by atoms with van der Waals surface area (Å²) in [6.07, 6.45) is 6.58. The number of ether oxygens (including phenoxy) is 1. The molecular formula is C20H33N7O. The third-order valence-corrected chi connectivity index (χ3v) is 6.10. The Kier molecular flexibility index (Phi) is 5.68. The van der Waals surface area contributed by atoms with E-state index in [9.17, 15) is 0 Å². The molecule has 0 saturated carbocycles. The zero-order valence-electron chi connectivity index (χ0n) is 17.6. The molecule has 0 radical (unpaired) electrons. The van der Waals surface area contributed by atoms with Crippen molar-refractivity contribution in [2.75, 3.05) is 45.6 Å². The average Bonchev–Trinajstić information content (AvgIpc) is 3.28. The fraction of sp³-hybridized carbons (Fsp3) is 0.750. The van der Waals surface area contributed by atoms with Gasteiger partial charge in [0.15, 0.2) is 5.65 Å². The zero-order chi connectivity index (χ0) is 19.7. The molecule has 28 heavy (non-hydrogen) atoms. The molecule has 0 aromatic carbocycles. The summed E-state index contributed by atoms with van der Waals surface area (Å²) < 4.78 is 8.03. The quantitative estimate of drug-likeness (QED) is 0.815. The van der Waals surface area contributed by atoms with Gasteiger partial charge in [0, 0.05) is 31.2 Å². The SMILES string of the molecule is CC(C)c1cnn2c(NCC3CCCN3C)nc(OC3CCN(C)CC3)nc12. The van der Waals surface area contributed by atoms with E-state index in [1.807, 2.05) is 10.7 Å². The van der Waals surface area contributed by atoms with Crippen LogP contribution in [0, 0.1) is 0 Å². The van der Waals surface area contributed by atoms with E-state index in [4.69, 9.17) is 14.7 Å². The Hall–Kier alpha value is -1.93. The van der Waals surface area contributed by atoms with Gasteiger partial charge >= 0.3 is 6.01 Å². The fourth-order valence-electron chi connectivity index (χ4n) is 4.15. The highest BCUT2D eigenvalue weighted by Gasteiger charge is 2.24. The number of nitrogens with zero attached hydrogens (tertiary/aromatic N) is 6. The Morgan fingerprint density at radius 1 is 1.14 bits per heavy atom. The molecule has 2 aromatic rings. The number of anilines is 1. The maximum absolute atomic E-state index is 6.21. The van der Waals surface area contributed by atoms with Crippen molar-refractivity contribution in [3.63, 3.8) is 0 Å². The summed E-state index contributed by atoms with van der Waals surface area (Å²) in [6, 6.07) is 0.995. The van der Waals surface area contributed by atoms with Gasteiger partial charge in [-0.05, 0) is 52.2 Å². The second kappa shape index (κ2) is 8.21. The predicted octanol–water partition coefficient (Wildman–Crippen LogP) is 2.23.